The molecule has 0 rings (SSSR count). The van der Waals surface area contributed by atoms with Crippen LogP contribution in [0.15, 0.2) is 0 Å². The molecule has 0 aliphatic carbocycles. The Morgan fingerprint density at radius 3 is 0.553 bits per heavy atom. The molecule has 1 radical (unpaired) electrons. The molecule has 0 bridgehead atoms. The Morgan fingerprint density at radius 1 is 0.368 bits per heavy atom. The third-order valence-corrected chi connectivity index (χ3v) is 3.94. The van der Waals surface area contributed by atoms with Gasteiger partial charge in [0.15, 0.2) is 0 Å². The molecule has 38 heavy (non-hydrogen) atoms. The maximum atomic E-state index is 10.2. The van der Waals surface area contributed by atoms with Crippen molar-refractivity contribution in [1.82, 2.24) is 0 Å². The van der Waals surface area contributed by atoms with Gasteiger partial charge in [0.25, 0.3) is 0 Å². The zero-order chi connectivity index (χ0) is 31.0. The summed E-state index contributed by atoms with van der Waals surface area (Å²) in [5, 5.41) is 0. The van der Waals surface area contributed by atoms with Crippen LogP contribution in [0.25, 0.3) is 0 Å². The van der Waals surface area contributed by atoms with Crippen LogP contribution < -0.4 is 19.2 Å². The van der Waals surface area contributed by atoms with Crippen LogP contribution in [-0.4, -0.2) is 63.9 Å². The quantitative estimate of drug-likeness (QED) is 0.199. The zero-order valence-electron chi connectivity index (χ0n) is 28.9. The van der Waals surface area contributed by atoms with Crippen LogP contribution in [-0.2, 0) is 17.1 Å². The van der Waals surface area contributed by atoms with Gasteiger partial charge >= 0.3 is 17.1 Å². The van der Waals surface area contributed by atoms with Crippen molar-refractivity contribution in [3.63, 3.8) is 0 Å². The van der Waals surface area contributed by atoms with Crippen LogP contribution in [0.4, 0.5) is 0 Å². The molecule has 0 saturated heterocycles. The first-order valence-electron chi connectivity index (χ1n) is 14.9. The van der Waals surface area contributed by atoms with Crippen LogP contribution in [0.5, 0.6) is 0 Å². The van der Waals surface area contributed by atoms with E-state index in [1.165, 1.54) is 82.0 Å². The number of quaternary nitrogens is 1. The zero-order valence-corrected chi connectivity index (χ0v) is 34.0. The van der Waals surface area contributed by atoms with E-state index in [4.69, 9.17) is 0 Å². The molecule has 0 amide bonds. The first-order chi connectivity index (χ1) is 16.2. The number of unbranched alkanes of at least 4 members (excludes halogenated alkanes) is 4. The Balaban J connectivity index is -0.0000000997. The second-order valence-corrected chi connectivity index (χ2v) is 31.0. The predicted molar refractivity (Wildman–Crippen MR) is 173 cm³/mol. The average molecular weight is 655 g/mol. The normalized spacial score (nSPS) is 11.7. The molecular formula is C28H72FeNO4Si4. The van der Waals surface area contributed by atoms with Gasteiger partial charge in [-0.1, -0.05) is 165 Å². The minimum atomic E-state index is -1.86. The number of hydrogen-bond donors (Lipinski definition) is 0. The number of rotatable bonds is 12. The average Bonchev–Trinajstić information content (AvgIpc) is 2.61. The summed E-state index contributed by atoms with van der Waals surface area (Å²) in [6, 6.07) is 0. The van der Waals surface area contributed by atoms with E-state index in [1.807, 2.05) is 0 Å². The SMILES string of the molecule is CCCC[N+](CCCC)(CCCC)CCCC.C[Si](C)(C)[O-].C[Si](C)(C)[O-].C[Si](C)(C)[O-].C[Si](C)(C)[O-].[Fe+3]. The minimum Gasteiger partial charge on any atom is -0.859 e. The van der Waals surface area contributed by atoms with Crippen molar-refractivity contribution in [2.45, 2.75) is 158 Å². The smallest absolute Gasteiger partial charge is 0.859 e. The Morgan fingerprint density at radius 2 is 0.474 bits per heavy atom. The standard InChI is InChI=1S/C16H36N.4C3H9OSi.Fe/c1-5-9-13-17(14-10-6-2,15-11-7-3)16-12-8-4;4*1-5(2,3)4;/h5-16H2,1-4H3;4*1-3H3;/q+1;4*-1;+3. The molecule has 0 heterocycles. The van der Waals surface area contributed by atoms with Crippen molar-refractivity contribution < 1.29 is 40.7 Å². The van der Waals surface area contributed by atoms with E-state index in [0.29, 0.717) is 0 Å². The van der Waals surface area contributed by atoms with Gasteiger partial charge in [0.1, 0.15) is 0 Å². The van der Waals surface area contributed by atoms with Crippen LogP contribution in [0.1, 0.15) is 79.1 Å². The fourth-order valence-electron chi connectivity index (χ4n) is 2.64. The molecule has 0 aliphatic heterocycles. The molecular weight excluding hydrogens is 583 g/mol. The first kappa shape index (κ1) is 51.9. The van der Waals surface area contributed by atoms with Gasteiger partial charge in [-0.15, -0.1) is 0 Å². The third kappa shape index (κ3) is 108. The van der Waals surface area contributed by atoms with Crippen molar-refractivity contribution in [3.05, 3.63) is 0 Å². The predicted octanol–water partition coefficient (Wildman–Crippen LogP) is 5.73. The van der Waals surface area contributed by atoms with Gasteiger partial charge in [0.05, 0.1) is 26.2 Å². The van der Waals surface area contributed by atoms with E-state index in [-0.39, 0.29) is 17.1 Å². The van der Waals surface area contributed by atoms with Crippen molar-refractivity contribution in [2.75, 3.05) is 26.2 Å². The Bertz CT molecular complexity index is 352. The molecule has 5 nitrogen and oxygen atoms in total. The molecule has 0 aromatic rings. The minimum absolute atomic E-state index is 0. The Kier molecular flexibility index (Phi) is 38.7. The van der Waals surface area contributed by atoms with Gasteiger partial charge in [-0.2, -0.15) is 0 Å². The van der Waals surface area contributed by atoms with Gasteiger partial charge < -0.3 is 23.7 Å². The summed E-state index contributed by atoms with van der Waals surface area (Å²) in [5.74, 6) is 0. The van der Waals surface area contributed by atoms with Gasteiger partial charge in [0, 0.05) is 0 Å². The molecule has 0 unspecified atom stereocenters. The van der Waals surface area contributed by atoms with E-state index in [9.17, 15) is 19.2 Å². The summed E-state index contributed by atoms with van der Waals surface area (Å²) < 4.78 is 1.42. The van der Waals surface area contributed by atoms with E-state index in [2.05, 4.69) is 27.7 Å². The number of nitrogens with zero attached hydrogens (tertiary/aromatic N) is 1. The van der Waals surface area contributed by atoms with Crippen LogP contribution in [0, 0.1) is 0 Å². The fourth-order valence-corrected chi connectivity index (χ4v) is 2.64. The summed E-state index contributed by atoms with van der Waals surface area (Å²) in [6.45, 7) is 36.3. The van der Waals surface area contributed by atoms with Crippen molar-refractivity contribution in [3.8, 4) is 0 Å². The van der Waals surface area contributed by atoms with E-state index < -0.39 is 33.3 Å². The van der Waals surface area contributed by atoms with Crippen molar-refractivity contribution >= 4 is 33.3 Å². The van der Waals surface area contributed by atoms with E-state index in [1.54, 1.807) is 78.6 Å². The first-order valence-corrected chi connectivity index (χ1v) is 28.5. The molecule has 0 saturated carbocycles. The van der Waals surface area contributed by atoms with Gasteiger partial charge in [-0.3, -0.25) is 0 Å². The van der Waals surface area contributed by atoms with Gasteiger partial charge in [-0.05, 0) is 25.7 Å². The number of hydrogen-bond acceptors (Lipinski definition) is 4. The maximum absolute atomic E-state index is 10.2. The molecule has 237 valence electrons. The summed E-state index contributed by atoms with van der Waals surface area (Å²) >= 11 is 0. The van der Waals surface area contributed by atoms with Crippen LogP contribution in [0.3, 0.4) is 0 Å². The maximum Gasteiger partial charge on any atom is 3.00 e. The second-order valence-electron chi connectivity index (χ2n) is 14.1. The van der Waals surface area contributed by atoms with Crippen molar-refractivity contribution in [1.29, 1.82) is 0 Å². The largest absolute Gasteiger partial charge is 3.00 e. The monoisotopic (exact) mass is 654 g/mol. The molecule has 0 aromatic carbocycles. The summed E-state index contributed by atoms with van der Waals surface area (Å²) in [7, 11) is -7.44. The molecule has 0 N–H and O–H groups in total. The Labute approximate surface area is 256 Å². The van der Waals surface area contributed by atoms with E-state index in [0.717, 1.165) is 0 Å². The van der Waals surface area contributed by atoms with Crippen LogP contribution in [0.2, 0.25) is 78.6 Å². The fraction of sp³-hybridized carbons (Fsp3) is 1.00. The van der Waals surface area contributed by atoms with E-state index >= 15 is 0 Å². The Hall–Kier alpha value is 1.19. The molecule has 0 fully saturated rings. The molecule has 10 heteroatoms. The van der Waals surface area contributed by atoms with Gasteiger partial charge in [0.2, 0.25) is 0 Å². The third-order valence-electron chi connectivity index (χ3n) is 3.94. The molecule has 0 aliphatic rings. The second kappa shape index (κ2) is 28.3. The van der Waals surface area contributed by atoms with Crippen LogP contribution >= 0.6 is 0 Å². The van der Waals surface area contributed by atoms with Gasteiger partial charge in [-0.25, -0.2) is 0 Å². The molecule has 0 aromatic heterocycles. The topological polar surface area (TPSA) is 92.2 Å². The summed E-state index contributed by atoms with van der Waals surface area (Å²) in [6.07, 6.45) is 11.1. The molecule has 0 spiro atoms. The molecule has 0 atom stereocenters. The van der Waals surface area contributed by atoms with Crippen molar-refractivity contribution in [2.24, 2.45) is 0 Å². The summed E-state index contributed by atoms with van der Waals surface area (Å²) in [5.41, 5.74) is 0. The summed E-state index contributed by atoms with van der Waals surface area (Å²) in [4.78, 5) is 41.0.